The van der Waals surface area contributed by atoms with Crippen LogP contribution in [0.2, 0.25) is 0 Å². The predicted octanol–water partition coefficient (Wildman–Crippen LogP) is 2.96. The van der Waals surface area contributed by atoms with Gasteiger partial charge in [0.15, 0.2) is 0 Å². The van der Waals surface area contributed by atoms with Gasteiger partial charge in [-0.25, -0.2) is 0 Å². The Labute approximate surface area is 155 Å². The van der Waals surface area contributed by atoms with Crippen molar-refractivity contribution in [1.29, 1.82) is 0 Å². The Bertz CT molecular complexity index is 740. The van der Waals surface area contributed by atoms with Gasteiger partial charge >= 0.3 is 0 Å². The van der Waals surface area contributed by atoms with Crippen molar-refractivity contribution in [2.75, 3.05) is 13.1 Å². The second kappa shape index (κ2) is 8.65. The van der Waals surface area contributed by atoms with Crippen molar-refractivity contribution in [3.05, 3.63) is 71.3 Å². The third-order valence-corrected chi connectivity index (χ3v) is 5.00. The molecule has 0 saturated carbocycles. The molecule has 3 rings (SSSR count). The molecule has 0 bridgehead atoms. The van der Waals surface area contributed by atoms with Crippen LogP contribution in [0, 0.1) is 5.92 Å². The van der Waals surface area contributed by atoms with Gasteiger partial charge in [-0.05, 0) is 29.5 Å². The average Bonchev–Trinajstić information content (AvgIpc) is 3.06. The molecule has 2 aromatic carbocycles. The molecular formula is C22H26N2O2. The molecule has 1 aliphatic rings. The van der Waals surface area contributed by atoms with Crippen LogP contribution in [0.4, 0.5) is 0 Å². The summed E-state index contributed by atoms with van der Waals surface area (Å²) in [7, 11) is 0. The number of benzene rings is 2. The molecule has 1 aliphatic heterocycles. The first-order valence-corrected chi connectivity index (χ1v) is 9.33. The summed E-state index contributed by atoms with van der Waals surface area (Å²) in [6.07, 6.45) is 2.15. The van der Waals surface area contributed by atoms with Crippen LogP contribution < -0.4 is 5.32 Å². The minimum Gasteiger partial charge on any atom is -0.352 e. The summed E-state index contributed by atoms with van der Waals surface area (Å²) < 4.78 is 0. The summed E-state index contributed by atoms with van der Waals surface area (Å²) in [4.78, 5) is 26.4. The number of rotatable bonds is 7. The number of likely N-dealkylation sites (tertiary alicyclic amines) is 1. The van der Waals surface area contributed by atoms with E-state index in [-0.39, 0.29) is 17.7 Å². The van der Waals surface area contributed by atoms with Crippen molar-refractivity contribution in [3.8, 4) is 0 Å². The second-order valence-corrected chi connectivity index (χ2v) is 6.86. The fourth-order valence-electron chi connectivity index (χ4n) is 3.30. The van der Waals surface area contributed by atoms with Crippen molar-refractivity contribution >= 4 is 11.8 Å². The first-order chi connectivity index (χ1) is 12.7. The fourth-order valence-corrected chi connectivity index (χ4v) is 3.30. The maximum atomic E-state index is 12.4. The van der Waals surface area contributed by atoms with Crippen molar-refractivity contribution in [1.82, 2.24) is 10.2 Å². The van der Waals surface area contributed by atoms with E-state index in [2.05, 4.69) is 36.5 Å². The van der Waals surface area contributed by atoms with Gasteiger partial charge in [0.2, 0.25) is 11.8 Å². The normalized spacial score (nSPS) is 16.7. The third-order valence-electron chi connectivity index (χ3n) is 5.00. The summed E-state index contributed by atoms with van der Waals surface area (Å²) in [5, 5.41) is 2.98. The van der Waals surface area contributed by atoms with E-state index in [0.29, 0.717) is 26.1 Å². The number of nitrogens with one attached hydrogen (secondary N) is 1. The minimum atomic E-state index is -0.242. The monoisotopic (exact) mass is 350 g/mol. The number of hydrogen-bond acceptors (Lipinski definition) is 2. The summed E-state index contributed by atoms with van der Waals surface area (Å²) >= 11 is 0. The molecule has 1 N–H and O–H groups in total. The Morgan fingerprint density at radius 2 is 1.73 bits per heavy atom. The van der Waals surface area contributed by atoms with E-state index < -0.39 is 0 Å². The highest BCUT2D eigenvalue weighted by Crippen LogP contribution is 2.19. The molecule has 2 amide bonds. The van der Waals surface area contributed by atoms with E-state index in [1.54, 1.807) is 0 Å². The van der Waals surface area contributed by atoms with Gasteiger partial charge in [0.25, 0.3) is 0 Å². The molecule has 0 aliphatic carbocycles. The molecular weight excluding hydrogens is 324 g/mol. The van der Waals surface area contributed by atoms with Crippen LogP contribution in [-0.2, 0) is 29.0 Å². The molecule has 1 heterocycles. The highest BCUT2D eigenvalue weighted by molar-refractivity contribution is 5.89. The lowest BCUT2D eigenvalue weighted by Gasteiger charge is -2.16. The Balaban J connectivity index is 1.47. The van der Waals surface area contributed by atoms with Crippen LogP contribution in [-0.4, -0.2) is 29.8 Å². The number of hydrogen-bond donors (Lipinski definition) is 1. The van der Waals surface area contributed by atoms with Gasteiger partial charge in [-0.2, -0.15) is 0 Å². The van der Waals surface area contributed by atoms with Crippen LogP contribution in [0.5, 0.6) is 0 Å². The van der Waals surface area contributed by atoms with Crippen molar-refractivity contribution < 1.29 is 9.59 Å². The van der Waals surface area contributed by atoms with Gasteiger partial charge in [0.05, 0.1) is 5.92 Å². The average molecular weight is 350 g/mol. The van der Waals surface area contributed by atoms with Crippen LogP contribution >= 0.6 is 0 Å². The van der Waals surface area contributed by atoms with E-state index in [9.17, 15) is 9.59 Å². The second-order valence-electron chi connectivity index (χ2n) is 6.86. The van der Waals surface area contributed by atoms with E-state index in [0.717, 1.165) is 18.4 Å². The molecule has 1 unspecified atom stereocenters. The number of carbonyl (C=O) groups excluding carboxylic acids is 2. The first-order valence-electron chi connectivity index (χ1n) is 9.33. The van der Waals surface area contributed by atoms with Gasteiger partial charge in [0.1, 0.15) is 0 Å². The van der Waals surface area contributed by atoms with Crippen LogP contribution in [0.3, 0.4) is 0 Å². The summed E-state index contributed by atoms with van der Waals surface area (Å²) in [5.74, 6) is -0.193. The molecule has 4 heteroatoms. The van der Waals surface area contributed by atoms with E-state index in [4.69, 9.17) is 0 Å². The zero-order valence-corrected chi connectivity index (χ0v) is 15.3. The summed E-state index contributed by atoms with van der Waals surface area (Å²) in [6, 6.07) is 18.4. The van der Waals surface area contributed by atoms with Crippen LogP contribution in [0.25, 0.3) is 0 Å². The maximum absolute atomic E-state index is 12.4. The molecule has 0 radical (unpaired) electrons. The predicted molar refractivity (Wildman–Crippen MR) is 102 cm³/mol. The Kier molecular flexibility index (Phi) is 6.05. The minimum absolute atomic E-state index is 0.0277. The smallest absolute Gasteiger partial charge is 0.225 e. The summed E-state index contributed by atoms with van der Waals surface area (Å²) in [6.45, 7) is 3.83. The van der Waals surface area contributed by atoms with Gasteiger partial charge in [-0.3, -0.25) is 9.59 Å². The molecule has 4 nitrogen and oxygen atoms in total. The topological polar surface area (TPSA) is 49.4 Å². The van der Waals surface area contributed by atoms with E-state index >= 15 is 0 Å². The Hall–Kier alpha value is -2.62. The van der Waals surface area contributed by atoms with Gasteiger partial charge in [-0.15, -0.1) is 0 Å². The molecule has 26 heavy (non-hydrogen) atoms. The maximum Gasteiger partial charge on any atom is 0.225 e. The standard InChI is InChI=1S/C22H26N2O2/c1-2-17-8-10-19(11-9-17)15-23-22(26)20-14-21(25)24(16-20)13-12-18-6-4-3-5-7-18/h3-11,20H,2,12-16H2,1H3,(H,23,26). The zero-order chi connectivity index (χ0) is 18.4. The molecule has 1 atom stereocenters. The fraction of sp³-hybridized carbons (Fsp3) is 0.364. The first kappa shape index (κ1) is 18.2. The molecule has 1 saturated heterocycles. The van der Waals surface area contributed by atoms with E-state index in [1.807, 2.05) is 35.2 Å². The molecule has 0 spiro atoms. The van der Waals surface area contributed by atoms with Gasteiger partial charge < -0.3 is 10.2 Å². The van der Waals surface area contributed by atoms with Gasteiger partial charge in [-0.1, -0.05) is 61.5 Å². The lowest BCUT2D eigenvalue weighted by molar-refractivity contribution is -0.129. The number of aryl methyl sites for hydroxylation is 1. The van der Waals surface area contributed by atoms with Crippen LogP contribution in [0.1, 0.15) is 30.0 Å². The van der Waals surface area contributed by atoms with Crippen LogP contribution in [0.15, 0.2) is 54.6 Å². The van der Waals surface area contributed by atoms with Crippen molar-refractivity contribution in [3.63, 3.8) is 0 Å². The Morgan fingerprint density at radius 3 is 2.42 bits per heavy atom. The highest BCUT2D eigenvalue weighted by atomic mass is 16.2. The SMILES string of the molecule is CCc1ccc(CNC(=O)C2CC(=O)N(CCc3ccccc3)C2)cc1. The van der Waals surface area contributed by atoms with Gasteiger partial charge in [0, 0.05) is 26.1 Å². The lowest BCUT2D eigenvalue weighted by atomic mass is 10.1. The quantitative estimate of drug-likeness (QED) is 0.835. The summed E-state index contributed by atoms with van der Waals surface area (Å²) in [5.41, 5.74) is 3.58. The van der Waals surface area contributed by atoms with Crippen molar-refractivity contribution in [2.24, 2.45) is 5.92 Å². The largest absolute Gasteiger partial charge is 0.352 e. The lowest BCUT2D eigenvalue weighted by Crippen LogP contribution is -2.33. The molecule has 1 fully saturated rings. The molecule has 136 valence electrons. The third kappa shape index (κ3) is 4.72. The number of nitrogens with zero attached hydrogens (tertiary/aromatic N) is 1. The molecule has 0 aromatic heterocycles. The number of amides is 2. The van der Waals surface area contributed by atoms with E-state index in [1.165, 1.54) is 11.1 Å². The number of carbonyl (C=O) groups is 2. The zero-order valence-electron chi connectivity index (χ0n) is 15.3. The Morgan fingerprint density at radius 1 is 1.04 bits per heavy atom. The molecule has 2 aromatic rings. The van der Waals surface area contributed by atoms with Crippen molar-refractivity contribution in [2.45, 2.75) is 32.7 Å². The highest BCUT2D eigenvalue weighted by Gasteiger charge is 2.33.